The summed E-state index contributed by atoms with van der Waals surface area (Å²) in [7, 11) is 3.11. The number of nitrogens with one attached hydrogen (secondary N) is 2. The minimum atomic E-state index is -0.735. The summed E-state index contributed by atoms with van der Waals surface area (Å²) in [5.74, 6) is -0.271. The van der Waals surface area contributed by atoms with Gasteiger partial charge in [0, 0.05) is 35.4 Å². The van der Waals surface area contributed by atoms with Crippen LogP contribution >= 0.6 is 0 Å². The lowest BCUT2D eigenvalue weighted by Crippen LogP contribution is -2.41. The van der Waals surface area contributed by atoms with Crippen molar-refractivity contribution in [3.05, 3.63) is 66.4 Å². The zero-order valence-corrected chi connectivity index (χ0v) is 19.6. The molecule has 180 valence electrons. The van der Waals surface area contributed by atoms with Crippen molar-refractivity contribution in [2.75, 3.05) is 32.6 Å². The second-order valence-corrected chi connectivity index (χ2v) is 9.33. The molecule has 2 amide bonds. The van der Waals surface area contributed by atoms with E-state index in [1.807, 2.05) is 41.4 Å². The number of aromatic amines is 1. The first kappa shape index (κ1) is 21.7. The van der Waals surface area contributed by atoms with Crippen LogP contribution in [0.15, 0.2) is 60.8 Å². The third-order valence-electron chi connectivity index (χ3n) is 7.46. The summed E-state index contributed by atoms with van der Waals surface area (Å²) in [6.07, 6.45) is 6.23. The number of ether oxygens (including phenoxy) is 3. The highest BCUT2D eigenvalue weighted by Gasteiger charge is 2.66. The molecule has 6 rings (SSSR count). The van der Waals surface area contributed by atoms with E-state index in [0.717, 1.165) is 11.9 Å². The van der Waals surface area contributed by atoms with Crippen molar-refractivity contribution >= 4 is 28.4 Å². The standard InChI is InChI=1S/C27H27N3O5/c1-33-20-8-7-17(13-22(20)34-2)29-25(31)23-21-9-11-27(35-21)15-30(26(32)24(23)27)12-10-16-14-28-19-6-4-3-5-18(16)19/h3-9,11,13-14,21,23-24,28H,10,12,15H2,1-2H3,(H,29,31)/t21-,23-,24+,27+/m1/s1. The van der Waals surface area contributed by atoms with E-state index < -0.39 is 23.5 Å². The summed E-state index contributed by atoms with van der Waals surface area (Å²) >= 11 is 0. The predicted octanol–water partition coefficient (Wildman–Crippen LogP) is 3.15. The molecule has 2 fully saturated rings. The number of anilines is 1. The number of methoxy groups -OCH3 is 2. The van der Waals surface area contributed by atoms with Crippen LogP contribution in [0.3, 0.4) is 0 Å². The smallest absolute Gasteiger partial charge is 0.231 e. The molecule has 3 aliphatic heterocycles. The lowest BCUT2D eigenvalue weighted by Gasteiger charge is -2.23. The quantitative estimate of drug-likeness (QED) is 0.515. The monoisotopic (exact) mass is 473 g/mol. The van der Waals surface area contributed by atoms with Gasteiger partial charge in [0.25, 0.3) is 0 Å². The number of likely N-dealkylation sites (tertiary alicyclic amines) is 1. The molecule has 2 saturated heterocycles. The molecular weight excluding hydrogens is 446 g/mol. The fourth-order valence-electron chi connectivity index (χ4n) is 5.80. The number of carbonyl (C=O) groups excluding carboxylic acids is 2. The van der Waals surface area contributed by atoms with Crippen LogP contribution in [-0.4, -0.2) is 60.7 Å². The number of rotatable bonds is 7. The zero-order chi connectivity index (χ0) is 24.2. The molecule has 0 unspecified atom stereocenters. The summed E-state index contributed by atoms with van der Waals surface area (Å²) < 4.78 is 16.9. The van der Waals surface area contributed by atoms with Gasteiger partial charge in [0.15, 0.2) is 11.5 Å². The molecule has 8 nitrogen and oxygen atoms in total. The van der Waals surface area contributed by atoms with Crippen LogP contribution in [0.2, 0.25) is 0 Å². The van der Waals surface area contributed by atoms with E-state index in [1.54, 1.807) is 32.4 Å². The van der Waals surface area contributed by atoms with Crippen molar-refractivity contribution in [1.82, 2.24) is 9.88 Å². The second kappa shape index (κ2) is 8.16. The van der Waals surface area contributed by atoms with Crippen LogP contribution < -0.4 is 14.8 Å². The molecule has 3 aromatic rings. The number of hydrogen-bond donors (Lipinski definition) is 2. The topological polar surface area (TPSA) is 92.9 Å². The van der Waals surface area contributed by atoms with Crippen LogP contribution in [0, 0.1) is 11.8 Å². The Balaban J connectivity index is 1.19. The Hall–Kier alpha value is -3.78. The molecule has 3 aliphatic rings. The number of carbonyl (C=O) groups is 2. The van der Waals surface area contributed by atoms with E-state index in [9.17, 15) is 9.59 Å². The molecule has 8 heteroatoms. The first-order valence-electron chi connectivity index (χ1n) is 11.8. The number of nitrogens with zero attached hydrogens (tertiary/aromatic N) is 1. The maximum absolute atomic E-state index is 13.5. The number of amides is 2. The van der Waals surface area contributed by atoms with Gasteiger partial charge in [0.05, 0.1) is 38.7 Å². The average Bonchev–Trinajstić information content (AvgIpc) is 3.62. The van der Waals surface area contributed by atoms with Crippen molar-refractivity contribution < 1.29 is 23.8 Å². The summed E-state index contributed by atoms with van der Waals surface area (Å²) in [5.41, 5.74) is 2.10. The van der Waals surface area contributed by atoms with Gasteiger partial charge in [-0.15, -0.1) is 0 Å². The van der Waals surface area contributed by atoms with Crippen molar-refractivity contribution in [2.45, 2.75) is 18.1 Å². The first-order chi connectivity index (χ1) is 17.0. The van der Waals surface area contributed by atoms with Gasteiger partial charge >= 0.3 is 0 Å². The Morgan fingerprint density at radius 1 is 1.20 bits per heavy atom. The number of fused-ring (bicyclic) bond motifs is 2. The molecule has 2 N–H and O–H groups in total. The molecule has 4 heterocycles. The highest BCUT2D eigenvalue weighted by molar-refractivity contribution is 5.99. The summed E-state index contributed by atoms with van der Waals surface area (Å²) in [6, 6.07) is 13.3. The van der Waals surface area contributed by atoms with E-state index in [4.69, 9.17) is 14.2 Å². The number of hydrogen-bond acceptors (Lipinski definition) is 5. The van der Waals surface area contributed by atoms with Crippen LogP contribution in [0.1, 0.15) is 5.56 Å². The largest absolute Gasteiger partial charge is 0.493 e. The normalized spacial score (nSPS) is 26.4. The van der Waals surface area contributed by atoms with Crippen LogP contribution in [-0.2, 0) is 20.7 Å². The van der Waals surface area contributed by atoms with Crippen molar-refractivity contribution in [1.29, 1.82) is 0 Å². The van der Waals surface area contributed by atoms with E-state index in [-0.39, 0.29) is 11.8 Å². The van der Waals surface area contributed by atoms with Crippen LogP contribution in [0.4, 0.5) is 5.69 Å². The fraction of sp³-hybridized carbons (Fsp3) is 0.333. The Morgan fingerprint density at radius 2 is 2.03 bits per heavy atom. The molecule has 2 bridgehead atoms. The van der Waals surface area contributed by atoms with Gasteiger partial charge in [-0.25, -0.2) is 0 Å². The van der Waals surface area contributed by atoms with Gasteiger partial charge in [-0.1, -0.05) is 30.4 Å². The van der Waals surface area contributed by atoms with Crippen molar-refractivity contribution in [3.63, 3.8) is 0 Å². The number of para-hydroxylation sites is 1. The maximum atomic E-state index is 13.5. The molecule has 0 aliphatic carbocycles. The summed E-state index contributed by atoms with van der Waals surface area (Å²) in [6.45, 7) is 1.04. The van der Waals surface area contributed by atoms with Gasteiger partial charge < -0.3 is 29.4 Å². The third-order valence-corrected chi connectivity index (χ3v) is 7.46. The van der Waals surface area contributed by atoms with E-state index in [0.29, 0.717) is 30.3 Å². The van der Waals surface area contributed by atoms with Gasteiger partial charge in [-0.2, -0.15) is 0 Å². The van der Waals surface area contributed by atoms with Crippen molar-refractivity contribution in [3.8, 4) is 11.5 Å². The van der Waals surface area contributed by atoms with Gasteiger partial charge in [0.2, 0.25) is 11.8 Å². The second-order valence-electron chi connectivity index (χ2n) is 9.33. The summed E-state index contributed by atoms with van der Waals surface area (Å²) in [5, 5.41) is 4.12. The molecule has 4 atom stereocenters. The Morgan fingerprint density at radius 3 is 2.86 bits per heavy atom. The molecule has 1 aromatic heterocycles. The van der Waals surface area contributed by atoms with E-state index in [1.165, 1.54) is 10.9 Å². The third kappa shape index (κ3) is 3.39. The minimum Gasteiger partial charge on any atom is -0.493 e. The lowest BCUT2D eigenvalue weighted by atomic mass is 9.77. The highest BCUT2D eigenvalue weighted by atomic mass is 16.5. The number of aromatic nitrogens is 1. The Labute approximate surface area is 202 Å². The first-order valence-corrected chi connectivity index (χ1v) is 11.8. The lowest BCUT2D eigenvalue weighted by molar-refractivity contribution is -0.135. The van der Waals surface area contributed by atoms with E-state index >= 15 is 0 Å². The predicted molar refractivity (Wildman–Crippen MR) is 130 cm³/mol. The van der Waals surface area contributed by atoms with Crippen LogP contribution in [0.5, 0.6) is 11.5 Å². The fourth-order valence-corrected chi connectivity index (χ4v) is 5.80. The number of benzene rings is 2. The molecule has 0 radical (unpaired) electrons. The minimum absolute atomic E-state index is 0.0239. The maximum Gasteiger partial charge on any atom is 0.231 e. The van der Waals surface area contributed by atoms with E-state index in [2.05, 4.69) is 16.4 Å². The average molecular weight is 474 g/mol. The van der Waals surface area contributed by atoms with Crippen molar-refractivity contribution in [2.24, 2.45) is 11.8 Å². The van der Waals surface area contributed by atoms with Gasteiger partial charge in [0.1, 0.15) is 5.60 Å². The molecule has 0 saturated carbocycles. The molecular formula is C27H27N3O5. The Kier molecular flexibility index (Phi) is 5.07. The zero-order valence-electron chi connectivity index (χ0n) is 19.6. The highest BCUT2D eigenvalue weighted by Crippen LogP contribution is 2.52. The van der Waals surface area contributed by atoms with Gasteiger partial charge in [-0.05, 0) is 30.2 Å². The summed E-state index contributed by atoms with van der Waals surface area (Å²) in [4.78, 5) is 32.0. The Bertz CT molecular complexity index is 1350. The number of H-pyrrole nitrogens is 1. The molecule has 2 aromatic carbocycles. The SMILES string of the molecule is COc1ccc(NC(=O)[C@H]2[C@H]3C(=O)N(CCc4c[nH]c5ccccc45)C[C@@]34C=C[C@H]2O4)cc1OC. The molecule has 35 heavy (non-hydrogen) atoms. The van der Waals surface area contributed by atoms with Gasteiger partial charge in [-0.3, -0.25) is 9.59 Å². The van der Waals surface area contributed by atoms with Crippen LogP contribution in [0.25, 0.3) is 10.9 Å². The molecule has 1 spiro atoms.